The van der Waals surface area contributed by atoms with Crippen molar-refractivity contribution in [3.05, 3.63) is 0 Å². The zero-order valence-corrected chi connectivity index (χ0v) is 15.5. The summed E-state index contributed by atoms with van der Waals surface area (Å²) in [6, 6.07) is -1.55. The smallest absolute Gasteiger partial charge is 0.326 e. The van der Waals surface area contributed by atoms with Crippen molar-refractivity contribution in [3.63, 3.8) is 0 Å². The number of rotatable bonds is 9. The molecule has 0 radical (unpaired) electrons. The lowest BCUT2D eigenvalue weighted by Crippen LogP contribution is -2.47. The molecule has 1 rings (SSSR count). The molecule has 146 valence electrons. The molecule has 0 aliphatic carbocycles. The number of urea groups is 1. The number of hydrogen-bond donors (Lipinski definition) is 3. The number of nitrogens with one attached hydrogen (secondary N) is 2. The fourth-order valence-corrected chi connectivity index (χ4v) is 2.57. The summed E-state index contributed by atoms with van der Waals surface area (Å²) in [7, 11) is 0. The van der Waals surface area contributed by atoms with E-state index in [0.717, 1.165) is 9.80 Å². The van der Waals surface area contributed by atoms with Gasteiger partial charge in [-0.2, -0.15) is 0 Å². The van der Waals surface area contributed by atoms with Gasteiger partial charge in [0.05, 0.1) is 0 Å². The molecule has 5 amide bonds. The van der Waals surface area contributed by atoms with Gasteiger partial charge in [-0.3, -0.25) is 19.3 Å². The highest BCUT2D eigenvalue weighted by Crippen LogP contribution is 2.17. The summed E-state index contributed by atoms with van der Waals surface area (Å²) in [5, 5.41) is 14.2. The predicted molar refractivity (Wildman–Crippen MR) is 91.1 cm³/mol. The van der Waals surface area contributed by atoms with Gasteiger partial charge in [0.15, 0.2) is 0 Å². The molecule has 0 aromatic rings. The molecule has 1 unspecified atom stereocenters. The number of carbonyl (C=O) groups is 5. The molecule has 1 aliphatic rings. The van der Waals surface area contributed by atoms with Crippen LogP contribution in [0.2, 0.25) is 0 Å². The van der Waals surface area contributed by atoms with Gasteiger partial charge in [-0.1, -0.05) is 0 Å². The molecule has 10 heteroatoms. The first kappa shape index (κ1) is 21.4. The van der Waals surface area contributed by atoms with Crippen LogP contribution in [0.1, 0.15) is 40.5 Å². The molecule has 1 aliphatic heterocycles. The quantitative estimate of drug-likeness (QED) is 0.470. The minimum atomic E-state index is -1.16. The largest absolute Gasteiger partial charge is 0.480 e. The fraction of sp³-hybridized carbons (Fsp3) is 0.688. The molecule has 26 heavy (non-hydrogen) atoms. The Labute approximate surface area is 151 Å². The van der Waals surface area contributed by atoms with Gasteiger partial charge >= 0.3 is 12.0 Å². The van der Waals surface area contributed by atoms with Crippen molar-refractivity contribution in [3.8, 4) is 0 Å². The maximum Gasteiger partial charge on any atom is 0.326 e. The third kappa shape index (κ3) is 5.43. The predicted octanol–water partition coefficient (Wildman–Crippen LogP) is -0.465. The number of carboxylic acids is 1. The van der Waals surface area contributed by atoms with Crippen LogP contribution in [0.15, 0.2) is 0 Å². The molecule has 1 heterocycles. The van der Waals surface area contributed by atoms with Crippen LogP contribution in [0.3, 0.4) is 0 Å². The van der Waals surface area contributed by atoms with E-state index in [-0.39, 0.29) is 44.3 Å². The van der Waals surface area contributed by atoms with Crippen LogP contribution in [0, 0.1) is 0 Å². The van der Waals surface area contributed by atoms with Crippen molar-refractivity contribution in [2.24, 2.45) is 0 Å². The Balaban J connectivity index is 2.60. The van der Waals surface area contributed by atoms with E-state index < -0.39 is 29.5 Å². The van der Waals surface area contributed by atoms with E-state index in [4.69, 9.17) is 5.11 Å². The summed E-state index contributed by atoms with van der Waals surface area (Å²) in [6.45, 7) is 6.16. The number of imide groups is 1. The van der Waals surface area contributed by atoms with Crippen LogP contribution in [0.25, 0.3) is 0 Å². The second-order valence-electron chi connectivity index (χ2n) is 6.70. The number of nitrogens with zero attached hydrogens (tertiary/aromatic N) is 2. The van der Waals surface area contributed by atoms with E-state index in [1.54, 1.807) is 13.8 Å². The molecule has 3 N–H and O–H groups in total. The molecule has 1 atom stereocenters. The summed E-state index contributed by atoms with van der Waals surface area (Å²) >= 11 is 0. The van der Waals surface area contributed by atoms with E-state index in [2.05, 4.69) is 10.6 Å². The maximum atomic E-state index is 12.4. The van der Waals surface area contributed by atoms with Gasteiger partial charge < -0.3 is 20.6 Å². The van der Waals surface area contributed by atoms with E-state index in [0.29, 0.717) is 0 Å². The monoisotopic (exact) mass is 370 g/mol. The lowest BCUT2D eigenvalue weighted by Gasteiger charge is -2.27. The van der Waals surface area contributed by atoms with Crippen LogP contribution < -0.4 is 10.6 Å². The zero-order chi connectivity index (χ0) is 20.1. The van der Waals surface area contributed by atoms with E-state index in [1.807, 2.05) is 0 Å². The number of carbonyl (C=O) groups excluding carboxylic acids is 4. The fourth-order valence-electron chi connectivity index (χ4n) is 2.57. The molecule has 0 saturated carbocycles. The molecule has 0 aromatic heterocycles. The highest BCUT2D eigenvalue weighted by Gasteiger charge is 2.43. The summed E-state index contributed by atoms with van der Waals surface area (Å²) in [5.41, 5.74) is -0.969. The summed E-state index contributed by atoms with van der Waals surface area (Å²) < 4.78 is 0. The molecular formula is C16H26N4O6. The lowest BCUT2D eigenvalue weighted by atomic mass is 10.1. The Morgan fingerprint density at radius 2 is 1.92 bits per heavy atom. The normalized spacial score (nSPS) is 16.8. The van der Waals surface area contributed by atoms with Gasteiger partial charge in [0.1, 0.15) is 11.6 Å². The Bertz CT molecular complexity index is 604. The number of amides is 5. The van der Waals surface area contributed by atoms with Crippen LogP contribution >= 0.6 is 0 Å². The third-order valence-electron chi connectivity index (χ3n) is 4.09. The van der Waals surface area contributed by atoms with Crippen LogP contribution in [0.4, 0.5) is 4.79 Å². The van der Waals surface area contributed by atoms with Gasteiger partial charge in [-0.25, -0.2) is 9.59 Å². The van der Waals surface area contributed by atoms with Crippen molar-refractivity contribution in [1.29, 1.82) is 0 Å². The Kier molecular flexibility index (Phi) is 7.10. The summed E-state index contributed by atoms with van der Waals surface area (Å²) in [5.74, 6) is -2.22. The second-order valence-corrected chi connectivity index (χ2v) is 6.70. The second kappa shape index (κ2) is 8.63. The average Bonchev–Trinajstić information content (AvgIpc) is 2.71. The third-order valence-corrected chi connectivity index (χ3v) is 4.09. The van der Waals surface area contributed by atoms with Gasteiger partial charge in [-0.15, -0.1) is 0 Å². The minimum absolute atomic E-state index is 0.0187. The lowest BCUT2D eigenvalue weighted by molar-refractivity contribution is -0.149. The van der Waals surface area contributed by atoms with E-state index >= 15 is 0 Å². The van der Waals surface area contributed by atoms with Gasteiger partial charge in [0.25, 0.3) is 5.91 Å². The van der Waals surface area contributed by atoms with Gasteiger partial charge in [-0.05, 0) is 27.2 Å². The Morgan fingerprint density at radius 1 is 1.31 bits per heavy atom. The van der Waals surface area contributed by atoms with Gasteiger partial charge in [0, 0.05) is 33.0 Å². The molecule has 1 fully saturated rings. The number of carboxylic acid groups (broad SMARTS) is 1. The van der Waals surface area contributed by atoms with E-state index in [1.165, 1.54) is 13.8 Å². The number of hydrogen-bond acceptors (Lipinski definition) is 5. The van der Waals surface area contributed by atoms with Crippen molar-refractivity contribution in [2.45, 2.75) is 52.1 Å². The molecule has 0 aromatic carbocycles. The maximum absolute atomic E-state index is 12.4. The zero-order valence-electron chi connectivity index (χ0n) is 15.5. The van der Waals surface area contributed by atoms with Crippen LogP contribution in [0.5, 0.6) is 0 Å². The summed E-state index contributed by atoms with van der Waals surface area (Å²) in [4.78, 5) is 60.6. The first-order valence-corrected chi connectivity index (χ1v) is 8.38. The topological polar surface area (TPSA) is 136 Å². The SMILES string of the molecule is CC(=O)NCCN(C(=O)CCCN1C(=O)NC(C)(C)C1=O)C(C)C(=O)O. The van der Waals surface area contributed by atoms with Gasteiger partial charge in [0.2, 0.25) is 11.8 Å². The average molecular weight is 370 g/mol. The molecular weight excluding hydrogens is 344 g/mol. The molecule has 0 spiro atoms. The summed E-state index contributed by atoms with van der Waals surface area (Å²) in [6.07, 6.45) is 0.201. The number of aliphatic carboxylic acids is 1. The van der Waals surface area contributed by atoms with E-state index in [9.17, 15) is 24.0 Å². The Hall–Kier alpha value is -2.65. The van der Waals surface area contributed by atoms with Crippen molar-refractivity contribution in [1.82, 2.24) is 20.4 Å². The van der Waals surface area contributed by atoms with Crippen LogP contribution in [-0.4, -0.2) is 75.8 Å². The van der Waals surface area contributed by atoms with Crippen molar-refractivity contribution >= 4 is 29.7 Å². The minimum Gasteiger partial charge on any atom is -0.480 e. The first-order valence-electron chi connectivity index (χ1n) is 8.38. The van der Waals surface area contributed by atoms with Crippen molar-refractivity contribution in [2.75, 3.05) is 19.6 Å². The highest BCUT2D eigenvalue weighted by molar-refractivity contribution is 6.06. The molecule has 10 nitrogen and oxygen atoms in total. The van der Waals surface area contributed by atoms with Crippen molar-refractivity contribution < 1.29 is 29.1 Å². The van der Waals surface area contributed by atoms with Crippen LogP contribution in [-0.2, 0) is 19.2 Å². The Morgan fingerprint density at radius 3 is 2.38 bits per heavy atom. The first-order chi connectivity index (χ1) is 12.0. The standard InChI is InChI=1S/C16H26N4O6/c1-10(13(23)24)19(9-7-17-11(2)21)12(22)6-5-8-20-14(25)16(3,4)18-15(20)26/h10H,5-9H2,1-4H3,(H,17,21)(H,18,26)(H,23,24). The molecule has 1 saturated heterocycles. The molecule has 0 bridgehead atoms. The highest BCUT2D eigenvalue weighted by atomic mass is 16.4.